The molecule has 0 radical (unpaired) electrons. The van der Waals surface area contributed by atoms with Crippen molar-refractivity contribution in [1.82, 2.24) is 10.3 Å². The Bertz CT molecular complexity index is 1170. The molecule has 8 heteroatoms. The molecule has 0 aliphatic heterocycles. The molecule has 1 heterocycles. The third-order valence-electron chi connectivity index (χ3n) is 4.68. The molecule has 0 aliphatic carbocycles. The van der Waals surface area contributed by atoms with Crippen molar-refractivity contribution >= 4 is 17.7 Å². The molecule has 0 aliphatic rings. The van der Waals surface area contributed by atoms with Crippen molar-refractivity contribution < 1.29 is 18.7 Å². The lowest BCUT2D eigenvalue weighted by Gasteiger charge is -2.14. The monoisotopic (exact) mass is 432 g/mol. The standard InChI is InChI=1S/C24H21FN4O3/c1-32-22(30)15-28-24(31)20-9-10-21(19-8-3-2-6-17(19)14-26)29-23(20)27-12-11-16-5-4-7-18(25)13-16/h2-10,13H,11-12,15H2,1H3,(H,27,29)(H,28,31). The van der Waals surface area contributed by atoms with Gasteiger partial charge in [-0.25, -0.2) is 9.37 Å². The van der Waals surface area contributed by atoms with E-state index >= 15 is 0 Å². The largest absolute Gasteiger partial charge is 0.468 e. The second-order valence-electron chi connectivity index (χ2n) is 6.82. The van der Waals surface area contributed by atoms with Crippen LogP contribution in [-0.4, -0.2) is 37.1 Å². The summed E-state index contributed by atoms with van der Waals surface area (Å²) >= 11 is 0. The summed E-state index contributed by atoms with van der Waals surface area (Å²) < 4.78 is 18.0. The number of pyridine rings is 1. The van der Waals surface area contributed by atoms with Gasteiger partial charge in [0.2, 0.25) is 0 Å². The maximum Gasteiger partial charge on any atom is 0.325 e. The molecule has 0 spiro atoms. The molecule has 0 atom stereocenters. The van der Waals surface area contributed by atoms with Crippen LogP contribution in [0.1, 0.15) is 21.5 Å². The van der Waals surface area contributed by atoms with Gasteiger partial charge in [0.1, 0.15) is 18.2 Å². The van der Waals surface area contributed by atoms with Gasteiger partial charge in [0.15, 0.2) is 0 Å². The number of hydrogen-bond acceptors (Lipinski definition) is 6. The van der Waals surface area contributed by atoms with E-state index in [4.69, 9.17) is 0 Å². The first-order chi connectivity index (χ1) is 15.5. The maximum absolute atomic E-state index is 13.4. The van der Waals surface area contributed by atoms with Crippen molar-refractivity contribution in [3.05, 3.63) is 83.2 Å². The van der Waals surface area contributed by atoms with Crippen molar-refractivity contribution in [1.29, 1.82) is 5.26 Å². The van der Waals surface area contributed by atoms with E-state index in [9.17, 15) is 19.2 Å². The number of nitrogens with zero attached hydrogens (tertiary/aromatic N) is 2. The lowest BCUT2D eigenvalue weighted by atomic mass is 10.0. The van der Waals surface area contributed by atoms with Gasteiger partial charge >= 0.3 is 5.97 Å². The number of hydrogen-bond donors (Lipinski definition) is 2. The van der Waals surface area contributed by atoms with Crippen molar-refractivity contribution in [3.63, 3.8) is 0 Å². The topological polar surface area (TPSA) is 104 Å². The molecule has 162 valence electrons. The van der Waals surface area contributed by atoms with Crippen molar-refractivity contribution in [3.8, 4) is 17.3 Å². The zero-order valence-electron chi connectivity index (χ0n) is 17.4. The smallest absolute Gasteiger partial charge is 0.325 e. The van der Waals surface area contributed by atoms with Gasteiger partial charge in [-0.2, -0.15) is 5.26 Å². The van der Waals surface area contributed by atoms with Crippen molar-refractivity contribution in [2.45, 2.75) is 6.42 Å². The molecule has 2 N–H and O–H groups in total. The summed E-state index contributed by atoms with van der Waals surface area (Å²) in [5.41, 5.74) is 2.62. The summed E-state index contributed by atoms with van der Waals surface area (Å²) in [4.78, 5) is 28.6. The number of benzene rings is 2. The number of anilines is 1. The third kappa shape index (κ3) is 5.67. The first kappa shape index (κ1) is 22.4. The van der Waals surface area contributed by atoms with E-state index in [1.165, 1.54) is 19.2 Å². The Morgan fingerprint density at radius 3 is 2.69 bits per heavy atom. The van der Waals surface area contributed by atoms with E-state index in [0.29, 0.717) is 29.8 Å². The molecule has 1 aromatic heterocycles. The minimum atomic E-state index is -0.577. The van der Waals surface area contributed by atoms with Crippen LogP contribution in [0.15, 0.2) is 60.7 Å². The summed E-state index contributed by atoms with van der Waals surface area (Å²) in [5, 5.41) is 15.0. The normalized spacial score (nSPS) is 10.2. The number of carbonyl (C=O) groups is 2. The number of rotatable bonds is 8. The fraction of sp³-hybridized carbons (Fsp3) is 0.167. The van der Waals surface area contributed by atoms with Gasteiger partial charge in [-0.1, -0.05) is 30.3 Å². The second kappa shape index (κ2) is 10.7. The quantitative estimate of drug-likeness (QED) is 0.529. The van der Waals surface area contributed by atoms with Crippen LogP contribution < -0.4 is 10.6 Å². The highest BCUT2D eigenvalue weighted by atomic mass is 19.1. The van der Waals surface area contributed by atoms with Crippen LogP contribution in [0.2, 0.25) is 0 Å². The highest BCUT2D eigenvalue weighted by Crippen LogP contribution is 2.25. The number of carbonyl (C=O) groups excluding carboxylic acids is 2. The van der Waals surface area contributed by atoms with E-state index in [1.807, 2.05) is 6.07 Å². The minimum absolute atomic E-state index is 0.228. The predicted octanol–water partition coefficient (Wildman–Crippen LogP) is 3.32. The number of nitriles is 1. The van der Waals surface area contributed by atoms with Gasteiger partial charge < -0.3 is 15.4 Å². The van der Waals surface area contributed by atoms with E-state index < -0.39 is 11.9 Å². The zero-order valence-corrected chi connectivity index (χ0v) is 17.4. The SMILES string of the molecule is COC(=O)CNC(=O)c1ccc(-c2ccccc2C#N)nc1NCCc1cccc(F)c1. The maximum atomic E-state index is 13.4. The zero-order chi connectivity index (χ0) is 22.9. The number of ether oxygens (including phenoxy) is 1. The number of halogens is 1. The summed E-state index contributed by atoms with van der Waals surface area (Å²) in [6.07, 6.45) is 0.502. The molecule has 7 nitrogen and oxygen atoms in total. The first-order valence-corrected chi connectivity index (χ1v) is 9.85. The number of aromatic nitrogens is 1. The number of esters is 1. The molecule has 0 unspecified atom stereocenters. The number of nitrogens with one attached hydrogen (secondary N) is 2. The Morgan fingerprint density at radius 1 is 1.12 bits per heavy atom. The van der Waals surface area contributed by atoms with Gasteiger partial charge in [0, 0.05) is 12.1 Å². The van der Waals surface area contributed by atoms with Crippen LogP contribution >= 0.6 is 0 Å². The van der Waals surface area contributed by atoms with Crippen LogP contribution in [0.3, 0.4) is 0 Å². The van der Waals surface area contributed by atoms with Gasteiger partial charge in [-0.3, -0.25) is 9.59 Å². The molecule has 3 aromatic rings. The molecule has 3 rings (SSSR count). The minimum Gasteiger partial charge on any atom is -0.468 e. The van der Waals surface area contributed by atoms with Crippen molar-refractivity contribution in [2.24, 2.45) is 0 Å². The third-order valence-corrected chi connectivity index (χ3v) is 4.68. The van der Waals surface area contributed by atoms with E-state index in [0.717, 1.165) is 5.56 Å². The Kier molecular flexibility index (Phi) is 7.49. The highest BCUT2D eigenvalue weighted by Gasteiger charge is 2.16. The Hall–Kier alpha value is -4.25. The molecule has 0 fully saturated rings. The second-order valence-corrected chi connectivity index (χ2v) is 6.82. The van der Waals surface area contributed by atoms with Crippen LogP contribution in [0.5, 0.6) is 0 Å². The Balaban J connectivity index is 1.87. The fourth-order valence-corrected chi connectivity index (χ4v) is 3.07. The van der Waals surface area contributed by atoms with Gasteiger partial charge in [-0.15, -0.1) is 0 Å². The molecule has 0 saturated heterocycles. The van der Waals surface area contributed by atoms with Gasteiger partial charge in [-0.05, 0) is 42.3 Å². The average molecular weight is 432 g/mol. The molecule has 32 heavy (non-hydrogen) atoms. The summed E-state index contributed by atoms with van der Waals surface area (Å²) in [6.45, 7) is 0.105. The molecule has 2 aromatic carbocycles. The van der Waals surface area contributed by atoms with Crippen LogP contribution in [0.4, 0.5) is 10.2 Å². The molecule has 1 amide bonds. The number of amides is 1. The summed E-state index contributed by atoms with van der Waals surface area (Å²) in [5.74, 6) is -1.12. The van der Waals surface area contributed by atoms with Crippen LogP contribution in [0, 0.1) is 17.1 Å². The Labute approximate surface area is 184 Å². The predicted molar refractivity (Wildman–Crippen MR) is 117 cm³/mol. The molecular weight excluding hydrogens is 411 g/mol. The van der Waals surface area contributed by atoms with Crippen LogP contribution in [-0.2, 0) is 16.0 Å². The van der Waals surface area contributed by atoms with Gasteiger partial charge in [0.25, 0.3) is 5.91 Å². The summed E-state index contributed by atoms with van der Waals surface area (Å²) in [6, 6.07) is 18.6. The van der Waals surface area contributed by atoms with E-state index in [-0.39, 0.29) is 23.7 Å². The van der Waals surface area contributed by atoms with E-state index in [2.05, 4.69) is 26.4 Å². The fourth-order valence-electron chi connectivity index (χ4n) is 3.07. The van der Waals surface area contributed by atoms with E-state index in [1.54, 1.807) is 42.5 Å². The molecule has 0 bridgehead atoms. The van der Waals surface area contributed by atoms with Crippen molar-refractivity contribution in [2.75, 3.05) is 25.5 Å². The highest BCUT2D eigenvalue weighted by molar-refractivity contribution is 6.00. The lowest BCUT2D eigenvalue weighted by Crippen LogP contribution is -2.31. The first-order valence-electron chi connectivity index (χ1n) is 9.85. The van der Waals surface area contributed by atoms with Gasteiger partial charge in [0.05, 0.1) is 30.0 Å². The molecular formula is C24H21FN4O3. The van der Waals surface area contributed by atoms with Crippen LogP contribution in [0.25, 0.3) is 11.3 Å². The average Bonchev–Trinajstić information content (AvgIpc) is 2.82. The Morgan fingerprint density at radius 2 is 1.94 bits per heavy atom. The molecule has 0 saturated carbocycles. The number of methoxy groups -OCH3 is 1. The summed E-state index contributed by atoms with van der Waals surface area (Å²) in [7, 11) is 1.23. The lowest BCUT2D eigenvalue weighted by molar-refractivity contribution is -0.139.